The minimum absolute atomic E-state index is 0.191. The second-order valence-electron chi connectivity index (χ2n) is 5.11. The molecule has 1 amide bonds. The van der Waals surface area contributed by atoms with Gasteiger partial charge in [0, 0.05) is 6.20 Å². The van der Waals surface area contributed by atoms with E-state index in [1.165, 1.54) is 15.7 Å². The van der Waals surface area contributed by atoms with Crippen molar-refractivity contribution >= 4 is 50.4 Å². The number of fused-ring (bicyclic) bond motifs is 2. The molecule has 0 atom stereocenters. The Hall–Kier alpha value is -2.70. The van der Waals surface area contributed by atoms with Gasteiger partial charge in [-0.15, -0.1) is 11.3 Å². The number of hydrogen-bond donors (Lipinski definition) is 1. The minimum Gasteiger partial charge on any atom is -0.320 e. The lowest BCUT2D eigenvalue weighted by Crippen LogP contribution is -2.13. The highest BCUT2D eigenvalue weighted by molar-refractivity contribution is 7.20. The van der Waals surface area contributed by atoms with Crippen LogP contribution in [0.2, 0.25) is 5.02 Å². The summed E-state index contributed by atoms with van der Waals surface area (Å²) >= 11 is 7.23. The molecule has 3 aromatic heterocycles. The number of thiophene rings is 1. The number of aromatic nitrogens is 2. The third-order valence-corrected chi connectivity index (χ3v) is 4.92. The van der Waals surface area contributed by atoms with Crippen LogP contribution in [0.15, 0.2) is 59.5 Å². The van der Waals surface area contributed by atoms with Crippen LogP contribution in [-0.2, 0) is 0 Å². The molecule has 0 fully saturated rings. The highest BCUT2D eigenvalue weighted by Crippen LogP contribution is 2.25. The molecule has 0 radical (unpaired) electrons. The van der Waals surface area contributed by atoms with Crippen LogP contribution >= 0.6 is 22.9 Å². The second-order valence-corrected chi connectivity index (χ2v) is 6.55. The largest absolute Gasteiger partial charge is 0.320 e. The van der Waals surface area contributed by atoms with Crippen LogP contribution in [-0.4, -0.2) is 15.3 Å². The van der Waals surface area contributed by atoms with Gasteiger partial charge in [-0.25, -0.2) is 4.98 Å². The summed E-state index contributed by atoms with van der Waals surface area (Å²) in [4.78, 5) is 30.3. The minimum atomic E-state index is -0.320. The zero-order valence-corrected chi connectivity index (χ0v) is 13.8. The Morgan fingerprint density at radius 1 is 1.17 bits per heavy atom. The summed E-state index contributed by atoms with van der Waals surface area (Å²) in [5, 5.41) is 3.63. The van der Waals surface area contributed by atoms with Crippen LogP contribution in [0.25, 0.3) is 15.9 Å². The van der Waals surface area contributed by atoms with E-state index in [0.717, 1.165) is 0 Å². The number of nitrogens with one attached hydrogen (secondary N) is 1. The van der Waals surface area contributed by atoms with Crippen LogP contribution in [0, 0.1) is 0 Å². The van der Waals surface area contributed by atoms with E-state index in [1.54, 1.807) is 48.7 Å². The highest BCUT2D eigenvalue weighted by Gasteiger charge is 2.15. The van der Waals surface area contributed by atoms with Crippen molar-refractivity contribution in [3.8, 4) is 0 Å². The van der Waals surface area contributed by atoms with Gasteiger partial charge in [-0.1, -0.05) is 29.8 Å². The molecule has 4 rings (SSSR count). The van der Waals surface area contributed by atoms with Crippen molar-refractivity contribution in [1.82, 2.24) is 9.38 Å². The van der Waals surface area contributed by atoms with Gasteiger partial charge in [-0.05, 0) is 30.3 Å². The molecule has 0 unspecified atom stereocenters. The van der Waals surface area contributed by atoms with Crippen molar-refractivity contribution in [3.63, 3.8) is 0 Å². The molecule has 0 aliphatic rings. The average Bonchev–Trinajstić information content (AvgIpc) is 3.02. The first-order chi connectivity index (χ1) is 11.6. The van der Waals surface area contributed by atoms with Crippen molar-refractivity contribution in [1.29, 1.82) is 0 Å². The third kappa shape index (κ3) is 2.46. The first-order valence-electron chi connectivity index (χ1n) is 7.10. The lowest BCUT2D eigenvalue weighted by Gasteiger charge is -2.04. The highest BCUT2D eigenvalue weighted by atomic mass is 35.5. The van der Waals surface area contributed by atoms with Crippen molar-refractivity contribution in [2.75, 3.05) is 5.32 Å². The lowest BCUT2D eigenvalue weighted by atomic mass is 10.3. The van der Waals surface area contributed by atoms with Gasteiger partial charge in [0.05, 0.1) is 21.0 Å². The standard InChI is InChI=1S/C17H10ClN3O2S/c18-11-5-1-2-6-12(11)19-15(22)13-9-10-16(24-13)20-14-7-3-4-8-21(14)17(10)23/h1-9H,(H,19,22). The number of carbonyl (C=O) groups excluding carboxylic acids is 1. The first-order valence-corrected chi connectivity index (χ1v) is 8.30. The number of pyridine rings is 1. The van der Waals surface area contributed by atoms with Crippen molar-refractivity contribution in [2.24, 2.45) is 0 Å². The summed E-state index contributed by atoms with van der Waals surface area (Å²) in [5.74, 6) is -0.320. The third-order valence-electron chi connectivity index (χ3n) is 3.56. The Labute approximate surface area is 145 Å². The molecule has 5 nitrogen and oxygen atoms in total. The van der Waals surface area contributed by atoms with E-state index in [4.69, 9.17) is 11.6 Å². The van der Waals surface area contributed by atoms with E-state index < -0.39 is 0 Å². The fourth-order valence-electron chi connectivity index (χ4n) is 2.41. The van der Waals surface area contributed by atoms with E-state index in [1.807, 2.05) is 6.07 Å². The van der Waals surface area contributed by atoms with Gasteiger partial charge in [-0.2, -0.15) is 0 Å². The van der Waals surface area contributed by atoms with Gasteiger partial charge < -0.3 is 5.32 Å². The Balaban J connectivity index is 1.79. The molecule has 118 valence electrons. The zero-order valence-electron chi connectivity index (χ0n) is 12.2. The molecule has 24 heavy (non-hydrogen) atoms. The molecule has 0 aliphatic heterocycles. The molecular weight excluding hydrogens is 346 g/mol. The number of para-hydroxylation sites is 1. The maximum atomic E-state index is 12.5. The fourth-order valence-corrected chi connectivity index (χ4v) is 3.51. The molecule has 0 aliphatic carbocycles. The molecule has 1 N–H and O–H groups in total. The predicted molar refractivity (Wildman–Crippen MR) is 96.3 cm³/mol. The molecule has 3 heterocycles. The number of anilines is 1. The number of benzene rings is 1. The monoisotopic (exact) mass is 355 g/mol. The molecule has 7 heteroatoms. The number of rotatable bonds is 2. The topological polar surface area (TPSA) is 63.5 Å². The number of amides is 1. The van der Waals surface area contributed by atoms with Gasteiger partial charge in [0.25, 0.3) is 11.5 Å². The maximum absolute atomic E-state index is 12.5. The van der Waals surface area contributed by atoms with Crippen LogP contribution in [0.1, 0.15) is 9.67 Å². The SMILES string of the molecule is O=C(Nc1ccccc1Cl)c1cc2c(=O)n3ccccc3nc2s1. The van der Waals surface area contributed by atoms with Crippen LogP contribution in [0.3, 0.4) is 0 Å². The van der Waals surface area contributed by atoms with Gasteiger partial charge in [0.1, 0.15) is 10.5 Å². The smallest absolute Gasteiger partial charge is 0.266 e. The maximum Gasteiger partial charge on any atom is 0.266 e. The number of hydrogen-bond acceptors (Lipinski definition) is 4. The molecule has 0 spiro atoms. The van der Waals surface area contributed by atoms with Crippen LogP contribution < -0.4 is 10.9 Å². The fraction of sp³-hybridized carbons (Fsp3) is 0. The van der Waals surface area contributed by atoms with Gasteiger partial charge >= 0.3 is 0 Å². The Morgan fingerprint density at radius 3 is 2.79 bits per heavy atom. The van der Waals surface area contributed by atoms with Crippen molar-refractivity contribution in [3.05, 3.63) is 75.0 Å². The van der Waals surface area contributed by atoms with E-state index in [9.17, 15) is 9.59 Å². The summed E-state index contributed by atoms with van der Waals surface area (Å²) in [6.07, 6.45) is 1.66. The summed E-state index contributed by atoms with van der Waals surface area (Å²) in [5.41, 5.74) is 0.884. The summed E-state index contributed by atoms with van der Waals surface area (Å²) in [6.45, 7) is 0. The van der Waals surface area contributed by atoms with E-state index in [-0.39, 0.29) is 11.5 Å². The molecule has 1 aromatic carbocycles. The molecule has 0 saturated heterocycles. The summed E-state index contributed by atoms with van der Waals surface area (Å²) < 4.78 is 1.46. The Bertz CT molecular complexity index is 1150. The molecule has 0 saturated carbocycles. The summed E-state index contributed by atoms with van der Waals surface area (Å²) in [6, 6.07) is 13.9. The first kappa shape index (κ1) is 14.9. The van der Waals surface area contributed by atoms with E-state index >= 15 is 0 Å². The quantitative estimate of drug-likeness (QED) is 0.594. The van der Waals surface area contributed by atoms with Gasteiger partial charge in [0.2, 0.25) is 0 Å². The number of nitrogens with zero attached hydrogens (tertiary/aromatic N) is 2. The van der Waals surface area contributed by atoms with E-state index in [2.05, 4.69) is 10.3 Å². The second kappa shape index (κ2) is 5.74. The number of halogens is 1. The lowest BCUT2D eigenvalue weighted by molar-refractivity contribution is 0.103. The van der Waals surface area contributed by atoms with Crippen LogP contribution in [0.4, 0.5) is 5.69 Å². The Kier molecular flexibility index (Phi) is 3.55. The van der Waals surface area contributed by atoms with E-state index in [0.29, 0.717) is 31.5 Å². The van der Waals surface area contributed by atoms with Crippen molar-refractivity contribution < 1.29 is 4.79 Å². The predicted octanol–water partition coefficient (Wildman–Crippen LogP) is 3.81. The summed E-state index contributed by atoms with van der Waals surface area (Å²) in [7, 11) is 0. The molecular formula is C17H10ClN3O2S. The van der Waals surface area contributed by atoms with Gasteiger partial charge in [-0.3, -0.25) is 14.0 Å². The Morgan fingerprint density at radius 2 is 1.96 bits per heavy atom. The molecule has 0 bridgehead atoms. The van der Waals surface area contributed by atoms with Gasteiger partial charge in [0.15, 0.2) is 0 Å². The van der Waals surface area contributed by atoms with Crippen molar-refractivity contribution in [2.45, 2.75) is 0 Å². The van der Waals surface area contributed by atoms with Crippen LogP contribution in [0.5, 0.6) is 0 Å². The molecule has 4 aromatic rings. The zero-order chi connectivity index (χ0) is 16.7. The number of carbonyl (C=O) groups is 1. The normalized spacial score (nSPS) is 11.0. The average molecular weight is 356 g/mol.